The lowest BCUT2D eigenvalue weighted by Crippen LogP contribution is -2.08. The molecule has 0 bridgehead atoms. The van der Waals surface area contributed by atoms with E-state index in [9.17, 15) is 9.59 Å². The Labute approximate surface area is 129 Å². The Bertz CT molecular complexity index is 668. The minimum atomic E-state index is -0.435. The SMILES string of the molecule is COC(=O)c1cc(C)ccc1-c1ccc(C)cc1C(=O)OC. The molecule has 0 saturated heterocycles. The highest BCUT2D eigenvalue weighted by molar-refractivity contribution is 6.03. The van der Waals surface area contributed by atoms with Crippen LogP contribution in [0, 0.1) is 13.8 Å². The Hall–Kier alpha value is -2.62. The maximum atomic E-state index is 12.0. The number of benzene rings is 2. The second-order valence-corrected chi connectivity index (χ2v) is 5.08. The molecule has 2 aromatic rings. The molecule has 0 spiro atoms. The van der Waals surface area contributed by atoms with E-state index in [1.807, 2.05) is 38.1 Å². The second-order valence-electron chi connectivity index (χ2n) is 5.08. The third-order valence-electron chi connectivity index (χ3n) is 3.45. The van der Waals surface area contributed by atoms with Crippen molar-refractivity contribution in [3.8, 4) is 11.1 Å². The summed E-state index contributed by atoms with van der Waals surface area (Å²) in [6, 6.07) is 10.9. The molecule has 0 fully saturated rings. The highest BCUT2D eigenvalue weighted by Gasteiger charge is 2.19. The minimum absolute atomic E-state index is 0.427. The quantitative estimate of drug-likeness (QED) is 0.813. The van der Waals surface area contributed by atoms with Crippen LogP contribution in [0.2, 0.25) is 0 Å². The summed E-state index contributed by atoms with van der Waals surface area (Å²) < 4.78 is 9.70. The lowest BCUT2D eigenvalue weighted by Gasteiger charge is -2.13. The number of rotatable bonds is 3. The van der Waals surface area contributed by atoms with Crippen LogP contribution in [-0.4, -0.2) is 26.2 Å². The van der Waals surface area contributed by atoms with E-state index in [1.165, 1.54) is 14.2 Å². The Morgan fingerprint density at radius 3 is 1.41 bits per heavy atom. The number of ether oxygens (including phenoxy) is 2. The second kappa shape index (κ2) is 6.43. The molecule has 0 aromatic heterocycles. The fourth-order valence-electron chi connectivity index (χ4n) is 2.34. The van der Waals surface area contributed by atoms with Gasteiger partial charge >= 0.3 is 11.9 Å². The summed E-state index contributed by atoms with van der Waals surface area (Å²) in [6.45, 7) is 3.79. The molecule has 0 saturated carbocycles. The minimum Gasteiger partial charge on any atom is -0.465 e. The van der Waals surface area contributed by atoms with Gasteiger partial charge in [0.15, 0.2) is 0 Å². The summed E-state index contributed by atoms with van der Waals surface area (Å²) in [5.41, 5.74) is 4.04. The molecule has 114 valence electrons. The van der Waals surface area contributed by atoms with Crippen molar-refractivity contribution in [2.75, 3.05) is 14.2 Å². The van der Waals surface area contributed by atoms with Crippen LogP contribution in [0.15, 0.2) is 36.4 Å². The Kier molecular flexibility index (Phi) is 4.61. The third-order valence-corrected chi connectivity index (χ3v) is 3.45. The first-order valence-corrected chi connectivity index (χ1v) is 6.86. The topological polar surface area (TPSA) is 52.6 Å². The van der Waals surface area contributed by atoms with Gasteiger partial charge in [0.1, 0.15) is 0 Å². The maximum absolute atomic E-state index is 12.0. The van der Waals surface area contributed by atoms with Crippen LogP contribution >= 0.6 is 0 Å². The summed E-state index contributed by atoms with van der Waals surface area (Å²) in [4.78, 5) is 24.1. The van der Waals surface area contributed by atoms with Crippen molar-refractivity contribution < 1.29 is 19.1 Å². The summed E-state index contributed by atoms with van der Waals surface area (Å²) in [6.07, 6.45) is 0. The molecule has 0 aliphatic heterocycles. The highest BCUT2D eigenvalue weighted by atomic mass is 16.5. The van der Waals surface area contributed by atoms with Crippen LogP contribution in [-0.2, 0) is 9.47 Å². The van der Waals surface area contributed by atoms with Crippen LogP contribution in [0.3, 0.4) is 0 Å². The van der Waals surface area contributed by atoms with Crippen molar-refractivity contribution in [1.29, 1.82) is 0 Å². The number of hydrogen-bond acceptors (Lipinski definition) is 4. The van der Waals surface area contributed by atoms with E-state index in [2.05, 4.69) is 0 Å². The van der Waals surface area contributed by atoms with Gasteiger partial charge in [-0.2, -0.15) is 0 Å². The zero-order valence-electron chi connectivity index (χ0n) is 13.1. The molecular weight excluding hydrogens is 280 g/mol. The zero-order valence-corrected chi connectivity index (χ0v) is 13.1. The third kappa shape index (κ3) is 3.01. The number of carbonyl (C=O) groups excluding carboxylic acids is 2. The first-order valence-electron chi connectivity index (χ1n) is 6.86. The molecule has 0 aliphatic rings. The maximum Gasteiger partial charge on any atom is 0.338 e. The normalized spacial score (nSPS) is 10.2. The lowest BCUT2D eigenvalue weighted by molar-refractivity contribution is 0.0590. The zero-order chi connectivity index (χ0) is 16.3. The Balaban J connectivity index is 2.72. The largest absolute Gasteiger partial charge is 0.465 e. The molecule has 2 aromatic carbocycles. The van der Waals surface area contributed by atoms with Crippen molar-refractivity contribution in [3.05, 3.63) is 58.7 Å². The van der Waals surface area contributed by atoms with Gasteiger partial charge in [0.05, 0.1) is 25.3 Å². The standard InChI is InChI=1S/C18H18O4/c1-11-5-7-13(15(9-11)17(19)21-3)14-8-6-12(2)10-16(14)18(20)22-4/h5-10H,1-4H3. The molecule has 0 unspecified atom stereocenters. The van der Waals surface area contributed by atoms with E-state index < -0.39 is 11.9 Å². The van der Waals surface area contributed by atoms with Crippen LogP contribution in [0.5, 0.6) is 0 Å². The summed E-state index contributed by atoms with van der Waals surface area (Å²) in [5.74, 6) is -0.870. The van der Waals surface area contributed by atoms with Crippen LogP contribution in [0.25, 0.3) is 11.1 Å². The number of hydrogen-bond donors (Lipinski definition) is 0. The number of methoxy groups -OCH3 is 2. The monoisotopic (exact) mass is 298 g/mol. The summed E-state index contributed by atoms with van der Waals surface area (Å²) in [5, 5.41) is 0. The van der Waals surface area contributed by atoms with Crippen molar-refractivity contribution in [2.24, 2.45) is 0 Å². The van der Waals surface area contributed by atoms with Crippen LogP contribution in [0.1, 0.15) is 31.8 Å². The first kappa shape index (κ1) is 15.8. The van der Waals surface area contributed by atoms with E-state index in [1.54, 1.807) is 12.1 Å². The fourth-order valence-corrected chi connectivity index (χ4v) is 2.34. The average Bonchev–Trinajstić information content (AvgIpc) is 2.53. The molecule has 0 heterocycles. The average molecular weight is 298 g/mol. The van der Waals surface area contributed by atoms with Gasteiger partial charge in [0, 0.05) is 0 Å². The van der Waals surface area contributed by atoms with Gasteiger partial charge in [-0.3, -0.25) is 0 Å². The molecule has 0 radical (unpaired) electrons. The predicted octanol–water partition coefficient (Wildman–Crippen LogP) is 3.54. The fraction of sp³-hybridized carbons (Fsp3) is 0.222. The van der Waals surface area contributed by atoms with E-state index in [0.29, 0.717) is 22.3 Å². The van der Waals surface area contributed by atoms with Crippen molar-refractivity contribution >= 4 is 11.9 Å². The molecule has 22 heavy (non-hydrogen) atoms. The van der Waals surface area contributed by atoms with Crippen molar-refractivity contribution in [2.45, 2.75) is 13.8 Å². The van der Waals surface area contributed by atoms with Gasteiger partial charge < -0.3 is 9.47 Å². The van der Waals surface area contributed by atoms with Gasteiger partial charge in [0.25, 0.3) is 0 Å². The number of esters is 2. The molecule has 0 amide bonds. The molecule has 2 rings (SSSR count). The van der Waals surface area contributed by atoms with Gasteiger partial charge in [-0.05, 0) is 37.1 Å². The molecular formula is C18H18O4. The van der Waals surface area contributed by atoms with Crippen molar-refractivity contribution in [3.63, 3.8) is 0 Å². The van der Waals surface area contributed by atoms with E-state index in [-0.39, 0.29) is 0 Å². The van der Waals surface area contributed by atoms with E-state index >= 15 is 0 Å². The van der Waals surface area contributed by atoms with E-state index in [0.717, 1.165) is 11.1 Å². The summed E-state index contributed by atoms with van der Waals surface area (Å²) in [7, 11) is 2.68. The number of carbonyl (C=O) groups is 2. The van der Waals surface area contributed by atoms with E-state index in [4.69, 9.17) is 9.47 Å². The van der Waals surface area contributed by atoms with Crippen LogP contribution < -0.4 is 0 Å². The number of aryl methyl sites for hydroxylation is 2. The molecule has 0 atom stereocenters. The highest BCUT2D eigenvalue weighted by Crippen LogP contribution is 2.30. The van der Waals surface area contributed by atoms with Gasteiger partial charge in [-0.25, -0.2) is 9.59 Å². The lowest BCUT2D eigenvalue weighted by atomic mass is 9.93. The van der Waals surface area contributed by atoms with Gasteiger partial charge in [-0.1, -0.05) is 35.4 Å². The Morgan fingerprint density at radius 1 is 0.727 bits per heavy atom. The van der Waals surface area contributed by atoms with Gasteiger partial charge in [0.2, 0.25) is 0 Å². The van der Waals surface area contributed by atoms with Gasteiger partial charge in [-0.15, -0.1) is 0 Å². The predicted molar refractivity (Wildman–Crippen MR) is 84.0 cm³/mol. The van der Waals surface area contributed by atoms with Crippen molar-refractivity contribution in [1.82, 2.24) is 0 Å². The molecule has 4 heteroatoms. The first-order chi connectivity index (χ1) is 10.5. The summed E-state index contributed by atoms with van der Waals surface area (Å²) >= 11 is 0. The Morgan fingerprint density at radius 2 is 1.09 bits per heavy atom. The smallest absolute Gasteiger partial charge is 0.338 e. The molecule has 0 N–H and O–H groups in total. The van der Waals surface area contributed by atoms with Crippen LogP contribution in [0.4, 0.5) is 0 Å². The molecule has 0 aliphatic carbocycles. The molecule has 4 nitrogen and oxygen atoms in total.